The van der Waals surface area contributed by atoms with E-state index in [-0.39, 0.29) is 0 Å². The highest BCUT2D eigenvalue weighted by molar-refractivity contribution is 6.18. The van der Waals surface area contributed by atoms with Crippen molar-refractivity contribution < 1.29 is 15.0 Å². The number of carbonyl (C=O) groups is 1. The van der Waals surface area contributed by atoms with Gasteiger partial charge in [0.05, 0.1) is 11.4 Å². The predicted octanol–water partition coefficient (Wildman–Crippen LogP) is 5.34. The van der Waals surface area contributed by atoms with Gasteiger partial charge >= 0.3 is 0 Å². The fourth-order valence-electron chi connectivity index (χ4n) is 7.45. The molecule has 0 spiro atoms. The molecule has 42 heavy (non-hydrogen) atoms. The van der Waals surface area contributed by atoms with Gasteiger partial charge in [0, 0.05) is 55.7 Å². The minimum absolute atomic E-state index is 0.516. The molecular formula is C37H32N2O3-2. The molecule has 0 bridgehead atoms. The normalized spacial score (nSPS) is 20.7. The molecule has 5 heteroatoms. The Labute approximate surface area is 245 Å². The molecule has 4 unspecified atom stereocenters. The average Bonchev–Trinajstić information content (AvgIpc) is 3.20. The van der Waals surface area contributed by atoms with Crippen molar-refractivity contribution in [3.8, 4) is 0 Å². The molecule has 0 aromatic heterocycles. The highest BCUT2D eigenvalue weighted by atomic mass is 16.3. The Hall–Kier alpha value is -4.45. The molecule has 6 aromatic rings. The smallest absolute Gasteiger partial charge is 0.126 e. The first kappa shape index (κ1) is 26.4. The summed E-state index contributed by atoms with van der Waals surface area (Å²) in [6.07, 6.45) is -3.10. The van der Waals surface area contributed by atoms with Gasteiger partial charge in [-0.05, 0) is 38.6 Å². The summed E-state index contributed by atoms with van der Waals surface area (Å²) in [5.41, 5.74) is 3.44. The second-order valence-electron chi connectivity index (χ2n) is 11.8. The van der Waals surface area contributed by atoms with E-state index in [4.69, 9.17) is 0 Å². The fraction of sp³-hybridized carbons (Fsp3) is 0.216. The first-order chi connectivity index (χ1) is 20.3. The number of carbonyl (C=O) groups excluding carboxylic acids is 1. The van der Waals surface area contributed by atoms with E-state index in [0.29, 0.717) is 11.1 Å². The lowest BCUT2D eigenvalue weighted by atomic mass is 9.81. The number of ketones is 1. The van der Waals surface area contributed by atoms with Crippen LogP contribution in [-0.2, 0) is 4.79 Å². The van der Waals surface area contributed by atoms with Gasteiger partial charge in [-0.1, -0.05) is 103 Å². The number of rotatable bonds is 4. The molecule has 1 saturated carbocycles. The molecule has 0 N–H and O–H groups in total. The minimum atomic E-state index is -1.67. The third kappa shape index (κ3) is 3.67. The molecular weight excluding hydrogens is 520 g/mol. The molecule has 1 fully saturated rings. The van der Waals surface area contributed by atoms with E-state index in [1.807, 2.05) is 125 Å². The summed E-state index contributed by atoms with van der Waals surface area (Å²) in [6, 6.07) is 31.7. The van der Waals surface area contributed by atoms with Crippen LogP contribution in [0.15, 0.2) is 97.1 Å². The summed E-state index contributed by atoms with van der Waals surface area (Å²) in [5.74, 6) is -2.59. The topological polar surface area (TPSA) is 69.7 Å². The number of hydrogen-bond donors (Lipinski definition) is 0. The van der Waals surface area contributed by atoms with E-state index >= 15 is 0 Å². The van der Waals surface area contributed by atoms with Gasteiger partial charge in [0.2, 0.25) is 0 Å². The van der Waals surface area contributed by atoms with Gasteiger partial charge in [0.25, 0.3) is 0 Å². The number of fused-ring (bicyclic) bond motifs is 4. The lowest BCUT2D eigenvalue weighted by Gasteiger charge is -2.36. The highest BCUT2D eigenvalue weighted by Crippen LogP contribution is 2.50. The molecule has 0 amide bonds. The maximum Gasteiger partial charge on any atom is 0.126 e. The van der Waals surface area contributed by atoms with Crippen LogP contribution < -0.4 is 20.0 Å². The van der Waals surface area contributed by atoms with Crippen LogP contribution in [0, 0.1) is 0 Å². The van der Waals surface area contributed by atoms with Gasteiger partial charge in [0.15, 0.2) is 0 Å². The van der Waals surface area contributed by atoms with Crippen molar-refractivity contribution >= 4 is 60.2 Å². The lowest BCUT2D eigenvalue weighted by molar-refractivity contribution is -0.450. The summed E-state index contributed by atoms with van der Waals surface area (Å²) in [4.78, 5) is 18.3. The van der Waals surface area contributed by atoms with Gasteiger partial charge < -0.3 is 24.8 Å². The fourth-order valence-corrected chi connectivity index (χ4v) is 7.45. The number of nitrogens with zero attached hydrogens (tertiary/aromatic N) is 2. The van der Waals surface area contributed by atoms with Crippen LogP contribution in [-0.4, -0.2) is 46.2 Å². The SMILES string of the molecule is CN(C)c1c2ccccc2c(C2C(=O)C([O-])C(c3c4ccccc4c(N(C)C)c4ccccc34)C2[O-])c2ccccc12. The third-order valence-electron chi connectivity index (χ3n) is 9.02. The molecule has 0 radical (unpaired) electrons. The summed E-state index contributed by atoms with van der Waals surface area (Å²) >= 11 is 0. The highest BCUT2D eigenvalue weighted by Gasteiger charge is 2.43. The first-order valence-corrected chi connectivity index (χ1v) is 14.4. The van der Waals surface area contributed by atoms with Crippen molar-refractivity contribution in [3.05, 3.63) is 108 Å². The predicted molar refractivity (Wildman–Crippen MR) is 170 cm³/mol. The van der Waals surface area contributed by atoms with E-state index in [0.717, 1.165) is 54.5 Å². The van der Waals surface area contributed by atoms with E-state index in [2.05, 4.69) is 9.80 Å². The van der Waals surface area contributed by atoms with Crippen LogP contribution in [0.2, 0.25) is 0 Å². The van der Waals surface area contributed by atoms with Gasteiger partial charge in [-0.3, -0.25) is 0 Å². The van der Waals surface area contributed by atoms with Crippen molar-refractivity contribution in [1.82, 2.24) is 0 Å². The maximum absolute atomic E-state index is 14.8. The van der Waals surface area contributed by atoms with Crippen molar-refractivity contribution in [1.29, 1.82) is 0 Å². The summed E-state index contributed by atoms with van der Waals surface area (Å²) in [6.45, 7) is 0. The van der Waals surface area contributed by atoms with Gasteiger partial charge in [-0.2, -0.15) is 0 Å². The Morgan fingerprint density at radius 1 is 0.500 bits per heavy atom. The van der Waals surface area contributed by atoms with Gasteiger partial charge in [-0.15, -0.1) is 6.10 Å². The summed E-state index contributed by atoms with van der Waals surface area (Å²) in [7, 11) is 8.01. The average molecular weight is 553 g/mol. The quantitative estimate of drug-likeness (QED) is 0.276. The molecule has 5 nitrogen and oxygen atoms in total. The van der Waals surface area contributed by atoms with Crippen LogP contribution >= 0.6 is 0 Å². The zero-order valence-electron chi connectivity index (χ0n) is 24.2. The standard InChI is InChI=1S/C37H32N2O3/c1-38(2)33-25-17-9-5-13-21(25)29(22-14-6-10-18-26(22)33)31-35(40)32(37(42)36(31)41)30-23-15-7-11-19-27(23)34(39(3)4)28-20-12-8-16-24(28)30/h5-20,31-32,35-36H,1-4H3/q-2. The van der Waals surface area contributed by atoms with Gasteiger partial charge in [-0.25, -0.2) is 0 Å². The number of Topliss-reactive ketones (excluding diaryl/α,β-unsaturated/α-hetero) is 1. The number of hydrogen-bond acceptors (Lipinski definition) is 5. The molecule has 0 saturated heterocycles. The van der Waals surface area contributed by atoms with Crippen molar-refractivity contribution in [2.45, 2.75) is 24.0 Å². The Balaban J connectivity index is 1.53. The van der Waals surface area contributed by atoms with E-state index in [9.17, 15) is 15.0 Å². The Bertz CT molecular complexity index is 1920. The molecule has 1 aliphatic rings. The van der Waals surface area contributed by atoms with Crippen molar-refractivity contribution in [2.24, 2.45) is 0 Å². The molecule has 1 aliphatic carbocycles. The van der Waals surface area contributed by atoms with E-state index < -0.39 is 29.8 Å². The van der Waals surface area contributed by atoms with Crippen LogP contribution in [0.5, 0.6) is 0 Å². The Morgan fingerprint density at radius 3 is 1.14 bits per heavy atom. The monoisotopic (exact) mass is 552 g/mol. The number of anilines is 2. The third-order valence-corrected chi connectivity index (χ3v) is 9.02. The molecule has 7 rings (SSSR count). The van der Waals surface area contributed by atoms with Crippen LogP contribution in [0.1, 0.15) is 23.0 Å². The molecule has 0 aliphatic heterocycles. The lowest BCUT2D eigenvalue weighted by Crippen LogP contribution is -2.39. The van der Waals surface area contributed by atoms with E-state index in [1.165, 1.54) is 0 Å². The number of benzene rings is 6. The van der Waals surface area contributed by atoms with Crippen molar-refractivity contribution in [2.75, 3.05) is 38.0 Å². The first-order valence-electron chi connectivity index (χ1n) is 14.4. The van der Waals surface area contributed by atoms with Crippen LogP contribution in [0.25, 0.3) is 43.1 Å². The largest absolute Gasteiger partial charge is 0.851 e. The second-order valence-corrected chi connectivity index (χ2v) is 11.8. The zero-order chi connectivity index (χ0) is 29.3. The van der Waals surface area contributed by atoms with Crippen LogP contribution in [0.3, 0.4) is 0 Å². The minimum Gasteiger partial charge on any atom is -0.851 e. The molecule has 6 aromatic carbocycles. The Kier molecular flexibility index (Phi) is 6.19. The summed E-state index contributed by atoms with van der Waals surface area (Å²) < 4.78 is 0. The molecule has 210 valence electrons. The molecule has 0 heterocycles. The molecule has 4 atom stereocenters. The van der Waals surface area contributed by atoms with E-state index in [1.54, 1.807) is 0 Å². The summed E-state index contributed by atoms with van der Waals surface area (Å²) in [5, 5.41) is 36.2. The maximum atomic E-state index is 14.8. The second kappa shape index (κ2) is 9.83. The Morgan fingerprint density at radius 2 is 0.810 bits per heavy atom. The van der Waals surface area contributed by atoms with Crippen molar-refractivity contribution in [3.63, 3.8) is 0 Å². The zero-order valence-corrected chi connectivity index (χ0v) is 24.2. The van der Waals surface area contributed by atoms with Gasteiger partial charge in [0.1, 0.15) is 5.78 Å². The van der Waals surface area contributed by atoms with Crippen LogP contribution in [0.4, 0.5) is 11.4 Å².